The topological polar surface area (TPSA) is 24.9 Å². The summed E-state index contributed by atoms with van der Waals surface area (Å²) in [5.41, 5.74) is 3.67. The monoisotopic (exact) mass is 274 g/mol. The zero-order valence-corrected chi connectivity index (χ0v) is 11.9. The standard InChI is InChI=1S/C14H14N2S2/c1-9-3-4-12-13(7-9)18-14(16-12)15-10(2)11-5-6-17-8-11/h3-8,10H,1-2H3,(H,15,16). The number of nitrogens with zero attached hydrogens (tertiary/aromatic N) is 1. The number of hydrogen-bond donors (Lipinski definition) is 1. The maximum absolute atomic E-state index is 4.61. The minimum atomic E-state index is 0.304. The van der Waals surface area contributed by atoms with Crippen molar-refractivity contribution < 1.29 is 0 Å². The maximum Gasteiger partial charge on any atom is 0.184 e. The molecule has 18 heavy (non-hydrogen) atoms. The van der Waals surface area contributed by atoms with Gasteiger partial charge in [-0.25, -0.2) is 4.98 Å². The highest BCUT2D eigenvalue weighted by atomic mass is 32.1. The summed E-state index contributed by atoms with van der Waals surface area (Å²) in [7, 11) is 0. The average molecular weight is 274 g/mol. The van der Waals surface area contributed by atoms with Crippen molar-refractivity contribution in [3.05, 3.63) is 46.2 Å². The Labute approximate surface area is 114 Å². The molecule has 0 spiro atoms. The van der Waals surface area contributed by atoms with E-state index in [1.807, 2.05) is 0 Å². The van der Waals surface area contributed by atoms with E-state index < -0.39 is 0 Å². The second-order valence-electron chi connectivity index (χ2n) is 4.41. The van der Waals surface area contributed by atoms with Gasteiger partial charge in [-0.1, -0.05) is 17.4 Å². The summed E-state index contributed by atoms with van der Waals surface area (Å²) in [4.78, 5) is 4.61. The minimum absolute atomic E-state index is 0.304. The third-order valence-electron chi connectivity index (χ3n) is 2.93. The fourth-order valence-corrected chi connectivity index (χ4v) is 3.69. The largest absolute Gasteiger partial charge is 0.355 e. The predicted octanol–water partition coefficient (Wildman–Crippen LogP) is 4.84. The zero-order chi connectivity index (χ0) is 12.5. The molecule has 4 heteroatoms. The van der Waals surface area contributed by atoms with Gasteiger partial charge in [0.2, 0.25) is 0 Å². The lowest BCUT2D eigenvalue weighted by molar-refractivity contribution is 0.888. The van der Waals surface area contributed by atoms with Gasteiger partial charge in [0, 0.05) is 0 Å². The molecule has 0 radical (unpaired) electrons. The van der Waals surface area contributed by atoms with Crippen LogP contribution in [-0.4, -0.2) is 4.98 Å². The molecule has 2 heterocycles. The summed E-state index contributed by atoms with van der Waals surface area (Å²) in [5, 5.41) is 8.74. The van der Waals surface area contributed by atoms with Crippen molar-refractivity contribution in [1.82, 2.24) is 4.98 Å². The smallest absolute Gasteiger partial charge is 0.184 e. The predicted molar refractivity (Wildman–Crippen MR) is 80.7 cm³/mol. The molecule has 0 bridgehead atoms. The van der Waals surface area contributed by atoms with Crippen LogP contribution >= 0.6 is 22.7 Å². The molecule has 0 saturated heterocycles. The molecular formula is C14H14N2S2. The summed E-state index contributed by atoms with van der Waals surface area (Å²) >= 11 is 3.45. The van der Waals surface area contributed by atoms with Gasteiger partial charge in [-0.2, -0.15) is 11.3 Å². The number of anilines is 1. The van der Waals surface area contributed by atoms with Crippen LogP contribution in [0, 0.1) is 6.92 Å². The molecular weight excluding hydrogens is 260 g/mol. The van der Waals surface area contributed by atoms with Crippen LogP contribution in [0.15, 0.2) is 35.0 Å². The first-order valence-corrected chi connectivity index (χ1v) is 7.64. The lowest BCUT2D eigenvalue weighted by Gasteiger charge is -2.10. The summed E-state index contributed by atoms with van der Waals surface area (Å²) < 4.78 is 1.25. The average Bonchev–Trinajstić information content (AvgIpc) is 2.95. The second kappa shape index (κ2) is 4.71. The van der Waals surface area contributed by atoms with E-state index in [0.29, 0.717) is 6.04 Å². The van der Waals surface area contributed by atoms with Gasteiger partial charge < -0.3 is 5.32 Å². The first kappa shape index (κ1) is 11.7. The quantitative estimate of drug-likeness (QED) is 0.739. The molecule has 92 valence electrons. The van der Waals surface area contributed by atoms with Crippen molar-refractivity contribution in [3.8, 4) is 0 Å². The van der Waals surface area contributed by atoms with Crippen LogP contribution in [0.4, 0.5) is 5.13 Å². The number of benzene rings is 1. The van der Waals surface area contributed by atoms with E-state index in [4.69, 9.17) is 0 Å². The van der Waals surface area contributed by atoms with Crippen molar-refractivity contribution in [2.24, 2.45) is 0 Å². The molecule has 0 aliphatic heterocycles. The van der Waals surface area contributed by atoms with Crippen LogP contribution in [0.2, 0.25) is 0 Å². The highest BCUT2D eigenvalue weighted by Gasteiger charge is 2.09. The van der Waals surface area contributed by atoms with Gasteiger partial charge in [-0.05, 0) is 53.9 Å². The molecule has 1 atom stereocenters. The van der Waals surface area contributed by atoms with Crippen LogP contribution in [-0.2, 0) is 0 Å². The van der Waals surface area contributed by atoms with E-state index in [1.54, 1.807) is 22.7 Å². The highest BCUT2D eigenvalue weighted by Crippen LogP contribution is 2.29. The lowest BCUT2D eigenvalue weighted by Crippen LogP contribution is -2.04. The molecule has 0 fully saturated rings. The SMILES string of the molecule is Cc1ccc2nc(NC(C)c3ccsc3)sc2c1. The van der Waals surface area contributed by atoms with Crippen LogP contribution < -0.4 is 5.32 Å². The number of aromatic nitrogens is 1. The molecule has 3 aromatic rings. The zero-order valence-electron chi connectivity index (χ0n) is 10.3. The van der Waals surface area contributed by atoms with Gasteiger partial charge in [0.15, 0.2) is 5.13 Å². The minimum Gasteiger partial charge on any atom is -0.355 e. The molecule has 1 N–H and O–H groups in total. The summed E-state index contributed by atoms with van der Waals surface area (Å²) in [6, 6.07) is 8.83. The van der Waals surface area contributed by atoms with Gasteiger partial charge >= 0.3 is 0 Å². The highest BCUT2D eigenvalue weighted by molar-refractivity contribution is 7.22. The van der Waals surface area contributed by atoms with E-state index in [2.05, 4.69) is 59.2 Å². The van der Waals surface area contributed by atoms with Crippen LogP contribution in [0.25, 0.3) is 10.2 Å². The van der Waals surface area contributed by atoms with Crippen molar-refractivity contribution in [1.29, 1.82) is 0 Å². The van der Waals surface area contributed by atoms with E-state index in [-0.39, 0.29) is 0 Å². The fraction of sp³-hybridized carbons (Fsp3) is 0.214. The van der Waals surface area contributed by atoms with Crippen LogP contribution in [0.5, 0.6) is 0 Å². The molecule has 3 rings (SSSR count). The normalized spacial score (nSPS) is 12.8. The Morgan fingerprint density at radius 2 is 2.17 bits per heavy atom. The number of rotatable bonds is 3. The van der Waals surface area contributed by atoms with Crippen molar-refractivity contribution in [2.75, 3.05) is 5.32 Å². The number of thiazole rings is 1. The first-order chi connectivity index (χ1) is 8.72. The van der Waals surface area contributed by atoms with Gasteiger partial charge in [0.05, 0.1) is 16.3 Å². The lowest BCUT2D eigenvalue weighted by atomic mass is 10.2. The van der Waals surface area contributed by atoms with Gasteiger partial charge in [-0.15, -0.1) is 0 Å². The molecule has 2 aromatic heterocycles. The second-order valence-corrected chi connectivity index (χ2v) is 6.22. The van der Waals surface area contributed by atoms with Gasteiger partial charge in [0.25, 0.3) is 0 Å². The maximum atomic E-state index is 4.61. The number of fused-ring (bicyclic) bond motifs is 1. The Balaban J connectivity index is 1.86. The molecule has 0 aliphatic rings. The third kappa shape index (κ3) is 2.26. The molecule has 2 nitrogen and oxygen atoms in total. The van der Waals surface area contributed by atoms with Crippen molar-refractivity contribution in [3.63, 3.8) is 0 Å². The van der Waals surface area contributed by atoms with Crippen molar-refractivity contribution >= 4 is 38.0 Å². The molecule has 0 amide bonds. The molecule has 1 aromatic carbocycles. The Morgan fingerprint density at radius 3 is 2.94 bits per heavy atom. The van der Waals surface area contributed by atoms with Gasteiger partial charge in [0.1, 0.15) is 0 Å². The number of hydrogen-bond acceptors (Lipinski definition) is 4. The Hall–Kier alpha value is -1.39. The number of thiophene rings is 1. The summed E-state index contributed by atoms with van der Waals surface area (Å²) in [6.07, 6.45) is 0. The first-order valence-electron chi connectivity index (χ1n) is 5.88. The Kier molecular flexibility index (Phi) is 3.06. The molecule has 0 aliphatic carbocycles. The molecule has 1 unspecified atom stereocenters. The fourth-order valence-electron chi connectivity index (χ4n) is 1.88. The summed E-state index contributed by atoms with van der Waals surface area (Å²) in [6.45, 7) is 4.28. The van der Waals surface area contributed by atoms with Gasteiger partial charge in [-0.3, -0.25) is 0 Å². The Bertz CT molecular complexity index is 656. The van der Waals surface area contributed by atoms with E-state index in [1.165, 1.54) is 15.8 Å². The van der Waals surface area contributed by atoms with Crippen molar-refractivity contribution in [2.45, 2.75) is 19.9 Å². The van der Waals surface area contributed by atoms with Crippen LogP contribution in [0.1, 0.15) is 24.1 Å². The van der Waals surface area contributed by atoms with E-state index in [9.17, 15) is 0 Å². The number of nitrogens with one attached hydrogen (secondary N) is 1. The summed E-state index contributed by atoms with van der Waals surface area (Å²) in [5.74, 6) is 0. The van der Waals surface area contributed by atoms with E-state index >= 15 is 0 Å². The molecule has 0 saturated carbocycles. The Morgan fingerprint density at radius 1 is 1.28 bits per heavy atom. The third-order valence-corrected chi connectivity index (χ3v) is 4.58. The number of aryl methyl sites for hydroxylation is 1. The van der Waals surface area contributed by atoms with Crippen LogP contribution in [0.3, 0.4) is 0 Å². The van der Waals surface area contributed by atoms with E-state index in [0.717, 1.165) is 10.6 Å².